The van der Waals surface area contributed by atoms with Gasteiger partial charge in [-0.2, -0.15) is 0 Å². The van der Waals surface area contributed by atoms with Gasteiger partial charge < -0.3 is 20.5 Å². The summed E-state index contributed by atoms with van der Waals surface area (Å²) in [6.07, 6.45) is 11.7. The Kier molecular flexibility index (Phi) is 10.5. The number of benzene rings is 1. The lowest BCUT2D eigenvalue weighted by atomic mass is 10.0. The van der Waals surface area contributed by atoms with Crippen LogP contribution in [0.5, 0.6) is 0 Å². The summed E-state index contributed by atoms with van der Waals surface area (Å²) in [5, 5.41) is 14.9. The molecule has 3 N–H and O–H groups in total. The zero-order chi connectivity index (χ0) is 25.2. The van der Waals surface area contributed by atoms with Gasteiger partial charge in [0.2, 0.25) is 5.91 Å². The van der Waals surface area contributed by atoms with E-state index < -0.39 is 42.2 Å². The molecular weight excluding hydrogens is 422 g/mol. The molecule has 3 amide bonds. The highest BCUT2D eigenvalue weighted by Crippen LogP contribution is 2.23. The van der Waals surface area contributed by atoms with E-state index in [1.807, 2.05) is 13.8 Å². The number of terminal acetylenes is 2. The van der Waals surface area contributed by atoms with Crippen LogP contribution in [0, 0.1) is 24.8 Å². The zero-order valence-corrected chi connectivity index (χ0v) is 19.8. The Morgan fingerprint density at radius 1 is 1.15 bits per heavy atom. The van der Waals surface area contributed by atoms with Crippen LogP contribution in [0.1, 0.15) is 64.6 Å². The number of nitrogens with one attached hydrogen (secondary N) is 2. The van der Waals surface area contributed by atoms with Gasteiger partial charge in [0.15, 0.2) is 0 Å². The Hall–Kier alpha value is -3.49. The molecule has 1 aromatic rings. The number of hydrogen-bond acceptors (Lipinski definition) is 5. The standard InChI is InChI=1S/C25H33N3O5/c1-8-11-17(4)26-22(30)21(19-14-12-18(9-2)13-15-19)28(10-3)23(31)20(16-29)27-24(32)33-25(5,6)7/h2-3,12-15,17,20-21,29H,8,11,16H2,1,4-7H3,(H,26,30)(H,27,32). The van der Waals surface area contributed by atoms with Gasteiger partial charge in [0.05, 0.1) is 6.61 Å². The molecule has 3 unspecified atom stereocenters. The maximum absolute atomic E-state index is 13.2. The van der Waals surface area contributed by atoms with Crippen LogP contribution in [0.25, 0.3) is 0 Å². The summed E-state index contributed by atoms with van der Waals surface area (Å²) in [4.78, 5) is 39.4. The van der Waals surface area contributed by atoms with E-state index in [1.54, 1.807) is 45.0 Å². The predicted octanol–water partition coefficient (Wildman–Crippen LogP) is 2.32. The molecule has 33 heavy (non-hydrogen) atoms. The van der Waals surface area contributed by atoms with Crippen molar-refractivity contribution in [1.29, 1.82) is 0 Å². The van der Waals surface area contributed by atoms with Crippen molar-refractivity contribution in [3.05, 3.63) is 35.4 Å². The number of carbonyl (C=O) groups excluding carboxylic acids is 3. The monoisotopic (exact) mass is 455 g/mol. The molecule has 0 heterocycles. The molecular formula is C25H33N3O5. The molecule has 0 spiro atoms. The van der Waals surface area contributed by atoms with Crippen LogP contribution >= 0.6 is 0 Å². The van der Waals surface area contributed by atoms with Gasteiger partial charge in [-0.25, -0.2) is 4.79 Å². The second-order valence-corrected chi connectivity index (χ2v) is 8.59. The predicted molar refractivity (Wildman–Crippen MR) is 126 cm³/mol. The number of ether oxygens (including phenoxy) is 1. The lowest BCUT2D eigenvalue weighted by Crippen LogP contribution is -2.53. The van der Waals surface area contributed by atoms with Crippen LogP contribution in [0.2, 0.25) is 0 Å². The normalized spacial score (nSPS) is 13.5. The van der Waals surface area contributed by atoms with Crippen molar-refractivity contribution in [3.63, 3.8) is 0 Å². The fourth-order valence-corrected chi connectivity index (χ4v) is 3.07. The highest BCUT2D eigenvalue weighted by atomic mass is 16.6. The van der Waals surface area contributed by atoms with Crippen LogP contribution < -0.4 is 10.6 Å². The maximum atomic E-state index is 13.2. The lowest BCUT2D eigenvalue weighted by molar-refractivity contribution is -0.139. The first-order valence-corrected chi connectivity index (χ1v) is 10.7. The average molecular weight is 456 g/mol. The smallest absolute Gasteiger partial charge is 0.408 e. The number of amides is 3. The van der Waals surface area contributed by atoms with Crippen molar-refractivity contribution >= 4 is 17.9 Å². The number of hydrogen-bond donors (Lipinski definition) is 3. The van der Waals surface area contributed by atoms with E-state index in [1.165, 1.54) is 0 Å². The SMILES string of the molecule is C#Cc1ccc(C(C(=O)NC(C)CCC)N(C#C)C(=O)C(CO)NC(=O)OC(C)(C)C)cc1. The molecule has 0 aliphatic carbocycles. The Morgan fingerprint density at radius 3 is 2.21 bits per heavy atom. The van der Waals surface area contributed by atoms with Gasteiger partial charge in [0.1, 0.15) is 17.7 Å². The Morgan fingerprint density at radius 2 is 1.76 bits per heavy atom. The summed E-state index contributed by atoms with van der Waals surface area (Å²) in [5.74, 6) is 1.16. The molecule has 3 atom stereocenters. The number of aliphatic hydroxyl groups is 1. The first kappa shape index (κ1) is 27.5. The zero-order valence-electron chi connectivity index (χ0n) is 19.8. The molecule has 1 rings (SSSR count). The molecule has 0 aliphatic heterocycles. The van der Waals surface area contributed by atoms with Crippen molar-refractivity contribution in [1.82, 2.24) is 15.5 Å². The number of alkyl carbamates (subject to hydrolysis) is 1. The van der Waals surface area contributed by atoms with Gasteiger partial charge in [-0.1, -0.05) is 37.8 Å². The molecule has 0 fully saturated rings. The van der Waals surface area contributed by atoms with Crippen LogP contribution in [0.15, 0.2) is 24.3 Å². The largest absolute Gasteiger partial charge is 0.444 e. The number of carbonyl (C=O) groups is 3. The summed E-state index contributed by atoms with van der Waals surface area (Å²) < 4.78 is 5.15. The van der Waals surface area contributed by atoms with Crippen molar-refractivity contribution in [2.45, 2.75) is 71.2 Å². The molecule has 1 aromatic carbocycles. The van der Waals surface area contributed by atoms with Crippen molar-refractivity contribution < 1.29 is 24.2 Å². The van der Waals surface area contributed by atoms with Crippen molar-refractivity contribution in [2.24, 2.45) is 0 Å². The molecule has 0 aliphatic rings. The third kappa shape index (κ3) is 8.51. The lowest BCUT2D eigenvalue weighted by Gasteiger charge is -2.30. The third-order valence-corrected chi connectivity index (χ3v) is 4.56. The fourth-order valence-electron chi connectivity index (χ4n) is 3.07. The summed E-state index contributed by atoms with van der Waals surface area (Å²) in [5.41, 5.74) is 0.210. The molecule has 0 saturated heterocycles. The van der Waals surface area contributed by atoms with E-state index in [2.05, 4.69) is 22.6 Å². The van der Waals surface area contributed by atoms with E-state index in [-0.39, 0.29) is 6.04 Å². The molecule has 0 bridgehead atoms. The first-order chi connectivity index (χ1) is 15.5. The third-order valence-electron chi connectivity index (χ3n) is 4.56. The Labute approximate surface area is 196 Å². The number of nitrogens with zero attached hydrogens (tertiary/aromatic N) is 1. The second kappa shape index (κ2) is 12.5. The average Bonchev–Trinajstić information content (AvgIpc) is 2.74. The van der Waals surface area contributed by atoms with Crippen molar-refractivity contribution in [2.75, 3.05) is 6.61 Å². The van der Waals surface area contributed by atoms with E-state index >= 15 is 0 Å². The van der Waals surface area contributed by atoms with E-state index in [9.17, 15) is 19.5 Å². The van der Waals surface area contributed by atoms with Gasteiger partial charge in [-0.05, 0) is 51.8 Å². The van der Waals surface area contributed by atoms with E-state index in [4.69, 9.17) is 17.6 Å². The van der Waals surface area contributed by atoms with Crippen LogP contribution in [0.3, 0.4) is 0 Å². The quantitative estimate of drug-likeness (QED) is 0.391. The molecule has 0 aromatic heterocycles. The highest BCUT2D eigenvalue weighted by molar-refractivity contribution is 5.93. The van der Waals surface area contributed by atoms with Gasteiger partial charge in [-0.15, -0.1) is 6.42 Å². The summed E-state index contributed by atoms with van der Waals surface area (Å²) in [6.45, 7) is 8.08. The fraction of sp³-hybridized carbons (Fsp3) is 0.480. The molecule has 8 nitrogen and oxygen atoms in total. The minimum absolute atomic E-state index is 0.154. The maximum Gasteiger partial charge on any atom is 0.408 e. The van der Waals surface area contributed by atoms with Gasteiger partial charge in [0.25, 0.3) is 5.91 Å². The Balaban J connectivity index is 3.29. The van der Waals surface area contributed by atoms with Gasteiger partial charge in [0, 0.05) is 17.6 Å². The van der Waals surface area contributed by atoms with Crippen molar-refractivity contribution in [3.8, 4) is 24.8 Å². The van der Waals surface area contributed by atoms with Crippen LogP contribution in [0.4, 0.5) is 4.79 Å². The minimum atomic E-state index is -1.41. The molecule has 178 valence electrons. The minimum Gasteiger partial charge on any atom is -0.444 e. The van der Waals surface area contributed by atoms with Crippen LogP contribution in [-0.4, -0.2) is 52.2 Å². The topological polar surface area (TPSA) is 108 Å². The van der Waals surface area contributed by atoms with E-state index in [0.717, 1.165) is 17.7 Å². The second-order valence-electron chi connectivity index (χ2n) is 8.59. The summed E-state index contributed by atoms with van der Waals surface area (Å²) >= 11 is 0. The number of rotatable bonds is 9. The van der Waals surface area contributed by atoms with Gasteiger partial charge >= 0.3 is 6.09 Å². The van der Waals surface area contributed by atoms with Crippen LogP contribution in [-0.2, 0) is 14.3 Å². The van der Waals surface area contributed by atoms with Gasteiger partial charge in [-0.3, -0.25) is 14.5 Å². The first-order valence-electron chi connectivity index (χ1n) is 10.7. The molecule has 0 saturated carbocycles. The molecule has 8 heteroatoms. The summed E-state index contributed by atoms with van der Waals surface area (Å²) in [7, 11) is 0. The highest BCUT2D eigenvalue weighted by Gasteiger charge is 2.36. The van der Waals surface area contributed by atoms with E-state index in [0.29, 0.717) is 11.1 Å². The number of aliphatic hydroxyl groups excluding tert-OH is 1. The Bertz CT molecular complexity index is 906. The summed E-state index contributed by atoms with van der Waals surface area (Å²) in [6, 6.07) is 5.94. The molecule has 0 radical (unpaired) electrons.